The third kappa shape index (κ3) is 1.81. The van der Waals surface area contributed by atoms with Crippen LogP contribution >= 0.6 is 22.6 Å². The van der Waals surface area contributed by atoms with Gasteiger partial charge in [-0.15, -0.1) is 0 Å². The molecule has 0 saturated heterocycles. The highest BCUT2D eigenvalue weighted by Gasteiger charge is 2.27. The molecule has 1 aromatic rings. The molecule has 3 heteroatoms. The minimum atomic E-state index is -0.489. The van der Waals surface area contributed by atoms with Crippen LogP contribution in [0.4, 0.5) is 0 Å². The fourth-order valence-corrected chi connectivity index (χ4v) is 1.94. The third-order valence-electron chi connectivity index (χ3n) is 2.00. The average Bonchev–Trinajstić information content (AvgIpc) is 2.02. The van der Waals surface area contributed by atoms with Gasteiger partial charge >= 0.3 is 0 Å². The van der Waals surface area contributed by atoms with E-state index in [4.69, 9.17) is 9.47 Å². The molecule has 0 atom stereocenters. The Labute approximate surface area is 91.4 Å². The van der Waals surface area contributed by atoms with E-state index in [-0.39, 0.29) is 0 Å². The molecule has 0 aliphatic carbocycles. The van der Waals surface area contributed by atoms with Crippen molar-refractivity contribution in [3.05, 3.63) is 27.3 Å². The number of ether oxygens (including phenoxy) is 2. The van der Waals surface area contributed by atoms with Crippen LogP contribution < -0.4 is 4.74 Å². The Hall–Kier alpha value is -0.290. The molecule has 0 fully saturated rings. The summed E-state index contributed by atoms with van der Waals surface area (Å²) in [6.07, 6.45) is 0. The predicted molar refractivity (Wildman–Crippen MR) is 58.7 cm³/mol. The van der Waals surface area contributed by atoms with Crippen LogP contribution in [-0.4, -0.2) is 5.79 Å². The maximum atomic E-state index is 5.67. The molecular formula is C10H11IO2. The minimum absolute atomic E-state index is 0.489. The first kappa shape index (κ1) is 9.27. The lowest BCUT2D eigenvalue weighted by Crippen LogP contribution is -2.35. The Morgan fingerprint density at radius 1 is 1.38 bits per heavy atom. The quantitative estimate of drug-likeness (QED) is 0.684. The van der Waals surface area contributed by atoms with E-state index in [9.17, 15) is 0 Å². The summed E-state index contributed by atoms with van der Waals surface area (Å²) >= 11 is 2.30. The SMILES string of the molecule is CC1(C)OCc2c(I)cccc2O1. The third-order valence-corrected chi connectivity index (χ3v) is 3.01. The molecule has 0 aromatic heterocycles. The zero-order valence-electron chi connectivity index (χ0n) is 7.63. The van der Waals surface area contributed by atoms with Gasteiger partial charge in [-0.2, -0.15) is 0 Å². The van der Waals surface area contributed by atoms with Crippen molar-refractivity contribution in [2.24, 2.45) is 0 Å². The normalized spacial score (nSPS) is 19.0. The topological polar surface area (TPSA) is 18.5 Å². The Morgan fingerprint density at radius 2 is 2.15 bits per heavy atom. The summed E-state index contributed by atoms with van der Waals surface area (Å²) in [5.41, 5.74) is 1.16. The second kappa shape index (κ2) is 3.13. The molecule has 2 nitrogen and oxygen atoms in total. The van der Waals surface area contributed by atoms with E-state index >= 15 is 0 Å². The van der Waals surface area contributed by atoms with Gasteiger partial charge in [0.15, 0.2) is 0 Å². The smallest absolute Gasteiger partial charge is 0.205 e. The first-order valence-electron chi connectivity index (χ1n) is 4.19. The maximum absolute atomic E-state index is 5.67. The molecule has 0 amide bonds. The maximum Gasteiger partial charge on any atom is 0.205 e. The van der Waals surface area contributed by atoms with E-state index in [0.717, 1.165) is 11.3 Å². The fourth-order valence-electron chi connectivity index (χ4n) is 1.31. The number of fused-ring (bicyclic) bond motifs is 1. The zero-order valence-corrected chi connectivity index (χ0v) is 9.79. The van der Waals surface area contributed by atoms with Crippen molar-refractivity contribution >= 4 is 22.6 Å². The van der Waals surface area contributed by atoms with Crippen molar-refractivity contribution in [2.75, 3.05) is 0 Å². The van der Waals surface area contributed by atoms with Crippen molar-refractivity contribution in [2.45, 2.75) is 26.2 Å². The molecule has 1 aliphatic rings. The van der Waals surface area contributed by atoms with Gasteiger partial charge in [0.2, 0.25) is 5.79 Å². The van der Waals surface area contributed by atoms with Crippen molar-refractivity contribution in [1.82, 2.24) is 0 Å². The van der Waals surface area contributed by atoms with Crippen LogP contribution in [0.5, 0.6) is 5.75 Å². The lowest BCUT2D eigenvalue weighted by atomic mass is 10.2. The van der Waals surface area contributed by atoms with Gasteiger partial charge in [-0.05, 0) is 34.7 Å². The average molecular weight is 290 g/mol. The van der Waals surface area contributed by atoms with Crippen molar-refractivity contribution in [3.8, 4) is 5.75 Å². The fraction of sp³-hybridized carbons (Fsp3) is 0.400. The summed E-state index contributed by atoms with van der Waals surface area (Å²) in [6, 6.07) is 6.05. The van der Waals surface area contributed by atoms with Crippen LogP contribution in [0.1, 0.15) is 19.4 Å². The molecule has 1 aliphatic heterocycles. The summed E-state index contributed by atoms with van der Waals surface area (Å²) in [5.74, 6) is 0.459. The minimum Gasteiger partial charge on any atom is -0.463 e. The Kier molecular flexibility index (Phi) is 2.23. The van der Waals surface area contributed by atoms with Gasteiger partial charge in [0.05, 0.1) is 6.61 Å². The predicted octanol–water partition coefficient (Wildman–Crippen LogP) is 2.94. The molecule has 1 heterocycles. The monoisotopic (exact) mass is 290 g/mol. The summed E-state index contributed by atoms with van der Waals surface area (Å²) in [5, 5.41) is 0. The number of halogens is 1. The highest BCUT2D eigenvalue weighted by atomic mass is 127. The molecule has 0 N–H and O–H groups in total. The van der Waals surface area contributed by atoms with Crippen LogP contribution in [0.2, 0.25) is 0 Å². The summed E-state index contributed by atoms with van der Waals surface area (Å²) in [7, 11) is 0. The van der Waals surface area contributed by atoms with Crippen molar-refractivity contribution in [1.29, 1.82) is 0 Å². The van der Waals surface area contributed by atoms with Gasteiger partial charge < -0.3 is 9.47 Å². The molecule has 70 valence electrons. The first-order chi connectivity index (χ1) is 6.08. The van der Waals surface area contributed by atoms with Gasteiger partial charge in [0.1, 0.15) is 5.75 Å². The zero-order chi connectivity index (χ0) is 9.47. The van der Waals surface area contributed by atoms with Gasteiger partial charge in [-0.3, -0.25) is 0 Å². The molecule has 0 saturated carbocycles. The van der Waals surface area contributed by atoms with Gasteiger partial charge in [0, 0.05) is 23.0 Å². The molecule has 0 bridgehead atoms. The molecule has 1 aromatic carbocycles. The van der Waals surface area contributed by atoms with Gasteiger partial charge in [0.25, 0.3) is 0 Å². The largest absolute Gasteiger partial charge is 0.463 e. The highest BCUT2D eigenvalue weighted by Crippen LogP contribution is 2.33. The lowest BCUT2D eigenvalue weighted by Gasteiger charge is -2.32. The van der Waals surface area contributed by atoms with Gasteiger partial charge in [-0.25, -0.2) is 0 Å². The van der Waals surface area contributed by atoms with Crippen LogP contribution in [0.15, 0.2) is 18.2 Å². The molecule has 0 radical (unpaired) electrons. The Morgan fingerprint density at radius 3 is 2.92 bits per heavy atom. The lowest BCUT2D eigenvalue weighted by molar-refractivity contribution is -0.180. The van der Waals surface area contributed by atoms with Crippen LogP contribution in [-0.2, 0) is 11.3 Å². The summed E-state index contributed by atoms with van der Waals surface area (Å²) in [4.78, 5) is 0. The van der Waals surface area contributed by atoms with Gasteiger partial charge in [-0.1, -0.05) is 6.07 Å². The molecular weight excluding hydrogens is 279 g/mol. The van der Waals surface area contributed by atoms with Crippen molar-refractivity contribution < 1.29 is 9.47 Å². The van der Waals surface area contributed by atoms with Crippen LogP contribution in [0, 0.1) is 3.57 Å². The van der Waals surface area contributed by atoms with E-state index in [1.165, 1.54) is 3.57 Å². The van der Waals surface area contributed by atoms with Crippen LogP contribution in [0.3, 0.4) is 0 Å². The Bertz CT molecular complexity index is 334. The Balaban J connectivity index is 2.42. The van der Waals surface area contributed by atoms with Crippen LogP contribution in [0.25, 0.3) is 0 Å². The number of hydrogen-bond donors (Lipinski definition) is 0. The van der Waals surface area contributed by atoms with E-state index in [2.05, 4.69) is 28.7 Å². The van der Waals surface area contributed by atoms with E-state index in [0.29, 0.717) is 6.61 Å². The molecule has 0 spiro atoms. The van der Waals surface area contributed by atoms with E-state index in [1.54, 1.807) is 0 Å². The number of benzene rings is 1. The molecule has 13 heavy (non-hydrogen) atoms. The summed E-state index contributed by atoms with van der Waals surface area (Å²) < 4.78 is 12.4. The van der Waals surface area contributed by atoms with Crippen molar-refractivity contribution in [3.63, 3.8) is 0 Å². The van der Waals surface area contributed by atoms with E-state index in [1.807, 2.05) is 26.0 Å². The standard InChI is InChI=1S/C10H11IO2/c1-10(2)12-6-7-8(11)4-3-5-9(7)13-10/h3-5H,6H2,1-2H3. The second-order valence-corrected chi connectivity index (χ2v) is 4.67. The summed E-state index contributed by atoms with van der Waals surface area (Å²) in [6.45, 7) is 4.49. The first-order valence-corrected chi connectivity index (χ1v) is 5.27. The van der Waals surface area contributed by atoms with E-state index < -0.39 is 5.79 Å². The number of hydrogen-bond acceptors (Lipinski definition) is 2. The molecule has 0 unspecified atom stereocenters. The second-order valence-electron chi connectivity index (χ2n) is 3.51. The molecule has 2 rings (SSSR count). The number of rotatable bonds is 0. The highest BCUT2D eigenvalue weighted by molar-refractivity contribution is 14.1.